The largest absolute Gasteiger partial charge is 0.451 e. The number of rotatable bonds is 4. The van der Waals surface area contributed by atoms with Crippen molar-refractivity contribution >= 4 is 5.91 Å². The summed E-state index contributed by atoms with van der Waals surface area (Å²) in [5.74, 6) is -0.106. The Kier molecular flexibility index (Phi) is 3.55. The molecule has 2 aromatic rings. The van der Waals surface area contributed by atoms with Crippen LogP contribution in [-0.2, 0) is 6.54 Å². The lowest BCUT2D eigenvalue weighted by Crippen LogP contribution is -2.30. The van der Waals surface area contributed by atoms with E-state index in [0.29, 0.717) is 18.8 Å². The Labute approximate surface area is 99.9 Å². The standard InChI is InChI=1S/C13H14N2O2/c1-2-15(8-11-6-4-3-5-7-11)13(16)12-9-17-10-14-12/h3-7,9-10H,2,8H2,1H3. The number of aromatic nitrogens is 1. The maximum absolute atomic E-state index is 12.0. The average molecular weight is 230 g/mol. The molecule has 1 aromatic carbocycles. The van der Waals surface area contributed by atoms with Crippen LogP contribution in [0.15, 0.2) is 47.4 Å². The second-order valence-corrected chi connectivity index (χ2v) is 3.68. The van der Waals surface area contributed by atoms with E-state index in [9.17, 15) is 4.79 Å². The highest BCUT2D eigenvalue weighted by Crippen LogP contribution is 2.08. The average Bonchev–Trinajstić information content (AvgIpc) is 2.90. The van der Waals surface area contributed by atoms with E-state index >= 15 is 0 Å². The Morgan fingerprint density at radius 2 is 2.12 bits per heavy atom. The van der Waals surface area contributed by atoms with Crippen molar-refractivity contribution in [2.45, 2.75) is 13.5 Å². The minimum absolute atomic E-state index is 0.106. The molecule has 0 bridgehead atoms. The van der Waals surface area contributed by atoms with Crippen LogP contribution >= 0.6 is 0 Å². The molecular formula is C13H14N2O2. The molecule has 0 aliphatic carbocycles. The van der Waals surface area contributed by atoms with E-state index in [0.717, 1.165) is 5.56 Å². The lowest BCUT2D eigenvalue weighted by Gasteiger charge is -2.19. The maximum Gasteiger partial charge on any atom is 0.276 e. The number of carbonyl (C=O) groups is 1. The first-order valence-corrected chi connectivity index (χ1v) is 5.52. The predicted molar refractivity (Wildman–Crippen MR) is 63.4 cm³/mol. The van der Waals surface area contributed by atoms with Gasteiger partial charge in [0.2, 0.25) is 0 Å². The molecule has 0 saturated heterocycles. The van der Waals surface area contributed by atoms with Crippen LogP contribution in [0, 0.1) is 0 Å². The fourth-order valence-electron chi connectivity index (χ4n) is 1.61. The number of hydrogen-bond acceptors (Lipinski definition) is 3. The van der Waals surface area contributed by atoms with Gasteiger partial charge >= 0.3 is 0 Å². The summed E-state index contributed by atoms with van der Waals surface area (Å²) in [5.41, 5.74) is 1.45. The van der Waals surface area contributed by atoms with Crippen molar-refractivity contribution in [2.75, 3.05) is 6.54 Å². The van der Waals surface area contributed by atoms with Crippen molar-refractivity contribution in [3.05, 3.63) is 54.2 Å². The third-order valence-corrected chi connectivity index (χ3v) is 2.54. The number of amides is 1. The molecular weight excluding hydrogens is 216 g/mol. The van der Waals surface area contributed by atoms with Crippen LogP contribution in [0.4, 0.5) is 0 Å². The summed E-state index contributed by atoms with van der Waals surface area (Å²) >= 11 is 0. The van der Waals surface area contributed by atoms with Crippen LogP contribution in [0.5, 0.6) is 0 Å². The SMILES string of the molecule is CCN(Cc1ccccc1)C(=O)c1cocn1. The van der Waals surface area contributed by atoms with Crippen molar-refractivity contribution in [3.63, 3.8) is 0 Å². The lowest BCUT2D eigenvalue weighted by atomic mass is 10.2. The van der Waals surface area contributed by atoms with Gasteiger partial charge in [-0.25, -0.2) is 4.98 Å². The zero-order valence-corrected chi connectivity index (χ0v) is 9.67. The van der Waals surface area contributed by atoms with Crippen LogP contribution in [0.2, 0.25) is 0 Å². The summed E-state index contributed by atoms with van der Waals surface area (Å²) in [6.45, 7) is 3.17. The maximum atomic E-state index is 12.0. The van der Waals surface area contributed by atoms with Gasteiger partial charge < -0.3 is 9.32 Å². The third-order valence-electron chi connectivity index (χ3n) is 2.54. The molecule has 0 aliphatic rings. The molecule has 0 saturated carbocycles. The Balaban J connectivity index is 2.10. The van der Waals surface area contributed by atoms with Crippen molar-refractivity contribution in [2.24, 2.45) is 0 Å². The summed E-state index contributed by atoms with van der Waals surface area (Å²) in [5, 5.41) is 0. The number of carbonyl (C=O) groups excluding carboxylic acids is 1. The van der Waals surface area contributed by atoms with Gasteiger partial charge in [0, 0.05) is 13.1 Å². The molecule has 1 amide bonds. The van der Waals surface area contributed by atoms with Gasteiger partial charge in [0.1, 0.15) is 6.26 Å². The van der Waals surface area contributed by atoms with E-state index in [4.69, 9.17) is 4.42 Å². The van der Waals surface area contributed by atoms with E-state index in [1.54, 1.807) is 4.90 Å². The van der Waals surface area contributed by atoms with Crippen LogP contribution in [-0.4, -0.2) is 22.3 Å². The monoisotopic (exact) mass is 230 g/mol. The molecule has 2 rings (SSSR count). The van der Waals surface area contributed by atoms with E-state index in [1.807, 2.05) is 37.3 Å². The van der Waals surface area contributed by atoms with Crippen molar-refractivity contribution in [1.29, 1.82) is 0 Å². The topological polar surface area (TPSA) is 46.3 Å². The number of hydrogen-bond donors (Lipinski definition) is 0. The predicted octanol–water partition coefficient (Wildman–Crippen LogP) is 2.34. The zero-order chi connectivity index (χ0) is 12.1. The van der Waals surface area contributed by atoms with Crippen LogP contribution < -0.4 is 0 Å². The first-order valence-electron chi connectivity index (χ1n) is 5.52. The number of oxazole rings is 1. The molecule has 0 spiro atoms. The summed E-state index contributed by atoms with van der Waals surface area (Å²) < 4.78 is 4.82. The van der Waals surface area contributed by atoms with Crippen molar-refractivity contribution < 1.29 is 9.21 Å². The summed E-state index contributed by atoms with van der Waals surface area (Å²) in [7, 11) is 0. The van der Waals surface area contributed by atoms with E-state index in [2.05, 4.69) is 4.98 Å². The van der Waals surface area contributed by atoms with Gasteiger partial charge in [0.15, 0.2) is 12.1 Å². The Morgan fingerprint density at radius 3 is 2.71 bits per heavy atom. The van der Waals surface area contributed by atoms with Crippen LogP contribution in [0.3, 0.4) is 0 Å². The van der Waals surface area contributed by atoms with Gasteiger partial charge in [0.25, 0.3) is 5.91 Å². The second kappa shape index (κ2) is 5.30. The normalized spacial score (nSPS) is 10.2. The fourth-order valence-corrected chi connectivity index (χ4v) is 1.61. The van der Waals surface area contributed by atoms with E-state index < -0.39 is 0 Å². The van der Waals surface area contributed by atoms with Crippen LogP contribution in [0.1, 0.15) is 23.0 Å². The highest BCUT2D eigenvalue weighted by Gasteiger charge is 2.16. The second-order valence-electron chi connectivity index (χ2n) is 3.68. The Morgan fingerprint density at radius 1 is 1.35 bits per heavy atom. The smallest absolute Gasteiger partial charge is 0.276 e. The van der Waals surface area contributed by atoms with Gasteiger partial charge in [-0.3, -0.25) is 4.79 Å². The van der Waals surface area contributed by atoms with Gasteiger partial charge in [0.05, 0.1) is 0 Å². The molecule has 0 aliphatic heterocycles. The molecule has 0 unspecified atom stereocenters. The molecule has 0 N–H and O–H groups in total. The highest BCUT2D eigenvalue weighted by molar-refractivity contribution is 5.91. The zero-order valence-electron chi connectivity index (χ0n) is 9.67. The van der Waals surface area contributed by atoms with Gasteiger partial charge in [-0.15, -0.1) is 0 Å². The molecule has 88 valence electrons. The molecule has 0 fully saturated rings. The number of nitrogens with zero attached hydrogens (tertiary/aromatic N) is 2. The van der Waals surface area contributed by atoms with Gasteiger partial charge in [-0.05, 0) is 12.5 Å². The minimum Gasteiger partial charge on any atom is -0.451 e. The third kappa shape index (κ3) is 2.72. The van der Waals surface area contributed by atoms with E-state index in [1.165, 1.54) is 12.7 Å². The molecule has 4 nitrogen and oxygen atoms in total. The Bertz CT molecular complexity index is 465. The highest BCUT2D eigenvalue weighted by atomic mass is 16.3. The number of benzene rings is 1. The van der Waals surface area contributed by atoms with Gasteiger partial charge in [-0.1, -0.05) is 30.3 Å². The lowest BCUT2D eigenvalue weighted by molar-refractivity contribution is 0.0746. The molecule has 1 heterocycles. The summed E-state index contributed by atoms with van der Waals surface area (Å²) in [6, 6.07) is 9.88. The molecule has 4 heteroatoms. The first-order chi connectivity index (χ1) is 8.31. The molecule has 0 radical (unpaired) electrons. The van der Waals surface area contributed by atoms with Crippen molar-refractivity contribution in [1.82, 2.24) is 9.88 Å². The molecule has 17 heavy (non-hydrogen) atoms. The minimum atomic E-state index is -0.106. The summed E-state index contributed by atoms with van der Waals surface area (Å²) in [4.78, 5) is 17.6. The Hall–Kier alpha value is -2.10. The van der Waals surface area contributed by atoms with Crippen molar-refractivity contribution in [3.8, 4) is 0 Å². The molecule has 0 atom stereocenters. The molecule has 1 aromatic heterocycles. The summed E-state index contributed by atoms with van der Waals surface area (Å²) in [6.07, 6.45) is 2.64. The quantitative estimate of drug-likeness (QED) is 0.809. The van der Waals surface area contributed by atoms with E-state index in [-0.39, 0.29) is 5.91 Å². The first kappa shape index (κ1) is 11.4. The fraction of sp³-hybridized carbons (Fsp3) is 0.231. The van der Waals surface area contributed by atoms with Gasteiger partial charge in [-0.2, -0.15) is 0 Å². The van der Waals surface area contributed by atoms with Crippen LogP contribution in [0.25, 0.3) is 0 Å².